The SMILES string of the molecule is O=[C-]c1cc2ccccc2nc1Cl.[Y]. The van der Waals surface area contributed by atoms with E-state index in [-0.39, 0.29) is 37.9 Å². The van der Waals surface area contributed by atoms with E-state index < -0.39 is 0 Å². The maximum Gasteiger partial charge on any atom is 0.0656 e. The molecule has 1 heterocycles. The molecule has 0 unspecified atom stereocenters. The number of rotatable bonds is 1. The summed E-state index contributed by atoms with van der Waals surface area (Å²) < 4.78 is 0. The molecule has 0 bridgehead atoms. The number of nitrogens with zero attached hydrogens (tertiary/aromatic N) is 1. The molecule has 0 aliphatic heterocycles. The third-order valence-electron chi connectivity index (χ3n) is 1.79. The fourth-order valence-corrected chi connectivity index (χ4v) is 1.35. The summed E-state index contributed by atoms with van der Waals surface area (Å²) in [5.74, 6) is 0. The molecular formula is C10H5ClNOY-. The van der Waals surface area contributed by atoms with Gasteiger partial charge in [-0.25, -0.2) is 0 Å². The van der Waals surface area contributed by atoms with E-state index in [4.69, 9.17) is 11.6 Å². The molecule has 0 saturated carbocycles. The molecule has 1 aromatic heterocycles. The monoisotopic (exact) mass is 279 g/mol. The Morgan fingerprint density at radius 2 is 2.00 bits per heavy atom. The number of aromatic nitrogens is 1. The fourth-order valence-electron chi connectivity index (χ4n) is 1.16. The van der Waals surface area contributed by atoms with Crippen LogP contribution < -0.4 is 0 Å². The van der Waals surface area contributed by atoms with Gasteiger partial charge >= 0.3 is 0 Å². The minimum Gasteiger partial charge on any atom is -0.376 e. The van der Waals surface area contributed by atoms with E-state index in [1.54, 1.807) is 12.4 Å². The van der Waals surface area contributed by atoms with Crippen molar-refractivity contribution in [1.29, 1.82) is 0 Å². The van der Waals surface area contributed by atoms with Crippen molar-refractivity contribution in [3.05, 3.63) is 41.0 Å². The van der Waals surface area contributed by atoms with E-state index in [2.05, 4.69) is 4.98 Å². The molecule has 4 heteroatoms. The molecule has 0 saturated heterocycles. The number of para-hydroxylation sites is 1. The molecule has 2 aromatic rings. The van der Waals surface area contributed by atoms with Gasteiger partial charge in [-0.15, -0.1) is 23.2 Å². The van der Waals surface area contributed by atoms with Gasteiger partial charge in [0.25, 0.3) is 0 Å². The minimum atomic E-state index is 0. The van der Waals surface area contributed by atoms with Crippen LogP contribution in [0.4, 0.5) is 0 Å². The van der Waals surface area contributed by atoms with Crippen molar-refractivity contribution in [2.24, 2.45) is 0 Å². The van der Waals surface area contributed by atoms with Crippen molar-refractivity contribution in [3.8, 4) is 0 Å². The Kier molecular flexibility index (Phi) is 4.17. The zero-order chi connectivity index (χ0) is 9.26. The Hall–Kier alpha value is -0.306. The first-order valence-corrected chi connectivity index (χ1v) is 4.12. The first-order chi connectivity index (χ1) is 6.31. The number of hydrogen-bond acceptors (Lipinski definition) is 2. The molecule has 14 heavy (non-hydrogen) atoms. The zero-order valence-electron chi connectivity index (χ0n) is 7.20. The van der Waals surface area contributed by atoms with E-state index in [0.29, 0.717) is 5.56 Å². The molecule has 1 aromatic carbocycles. The topological polar surface area (TPSA) is 30.0 Å². The van der Waals surface area contributed by atoms with Crippen LogP contribution in [0.15, 0.2) is 30.3 Å². The fraction of sp³-hybridized carbons (Fsp3) is 0. The standard InChI is InChI=1S/C10H5ClNO.Y/c11-10-8(6-13)5-7-3-1-2-4-9(7)12-10;/h1-5H;/q-1;. The van der Waals surface area contributed by atoms with Crippen molar-refractivity contribution in [2.45, 2.75) is 0 Å². The Bertz CT molecular complexity index is 473. The van der Waals surface area contributed by atoms with Crippen LogP contribution in [-0.4, -0.2) is 11.3 Å². The molecule has 67 valence electrons. The Morgan fingerprint density at radius 1 is 1.29 bits per heavy atom. The van der Waals surface area contributed by atoms with E-state index in [9.17, 15) is 4.79 Å². The number of carbonyl (C=O) groups excluding carboxylic acids is 1. The molecule has 0 aliphatic carbocycles. The molecule has 2 nitrogen and oxygen atoms in total. The summed E-state index contributed by atoms with van der Waals surface area (Å²) in [5.41, 5.74) is 1.09. The summed E-state index contributed by atoms with van der Waals surface area (Å²) >= 11 is 5.73. The van der Waals surface area contributed by atoms with E-state index in [1.807, 2.05) is 24.3 Å². The maximum absolute atomic E-state index is 10.4. The average molecular weight is 280 g/mol. The van der Waals surface area contributed by atoms with Gasteiger partial charge in [0.1, 0.15) is 0 Å². The van der Waals surface area contributed by atoms with Gasteiger partial charge in [-0.05, 0) is 6.07 Å². The van der Waals surface area contributed by atoms with E-state index >= 15 is 0 Å². The van der Waals surface area contributed by atoms with Crippen molar-refractivity contribution in [3.63, 3.8) is 0 Å². The Morgan fingerprint density at radius 3 is 2.71 bits per heavy atom. The first-order valence-electron chi connectivity index (χ1n) is 3.75. The number of benzene rings is 1. The van der Waals surface area contributed by atoms with Crippen LogP contribution in [0.1, 0.15) is 5.56 Å². The maximum atomic E-state index is 10.4. The largest absolute Gasteiger partial charge is 0.376 e. The van der Waals surface area contributed by atoms with Crippen LogP contribution in [0.3, 0.4) is 0 Å². The number of halogens is 1. The number of hydrogen-bond donors (Lipinski definition) is 0. The van der Waals surface area contributed by atoms with Crippen LogP contribution in [0.5, 0.6) is 0 Å². The van der Waals surface area contributed by atoms with Crippen molar-refractivity contribution in [1.82, 2.24) is 4.98 Å². The Labute approximate surface area is 112 Å². The van der Waals surface area contributed by atoms with Crippen molar-refractivity contribution < 1.29 is 37.5 Å². The molecular weight excluding hydrogens is 274 g/mol. The molecule has 0 amide bonds. The second-order valence-electron chi connectivity index (χ2n) is 2.62. The summed E-state index contributed by atoms with van der Waals surface area (Å²) in [6.07, 6.45) is 1.74. The van der Waals surface area contributed by atoms with Gasteiger partial charge in [-0.3, -0.25) is 0 Å². The van der Waals surface area contributed by atoms with E-state index in [1.165, 1.54) is 0 Å². The molecule has 0 fully saturated rings. The van der Waals surface area contributed by atoms with Gasteiger partial charge in [-0.2, -0.15) is 0 Å². The quantitative estimate of drug-likeness (QED) is 0.592. The van der Waals surface area contributed by atoms with Gasteiger partial charge in [-0.1, -0.05) is 23.6 Å². The van der Waals surface area contributed by atoms with Crippen LogP contribution in [-0.2, 0) is 37.5 Å². The number of pyridine rings is 1. The van der Waals surface area contributed by atoms with Gasteiger partial charge in [0, 0.05) is 43.4 Å². The van der Waals surface area contributed by atoms with Gasteiger partial charge in [0.15, 0.2) is 0 Å². The summed E-state index contributed by atoms with van der Waals surface area (Å²) in [6.45, 7) is 0. The van der Waals surface area contributed by atoms with Crippen LogP contribution >= 0.6 is 11.6 Å². The predicted molar refractivity (Wildman–Crippen MR) is 51.5 cm³/mol. The number of fused-ring (bicyclic) bond motifs is 1. The van der Waals surface area contributed by atoms with Crippen molar-refractivity contribution in [2.75, 3.05) is 0 Å². The second kappa shape index (κ2) is 4.97. The van der Waals surface area contributed by atoms with Gasteiger partial charge < -0.3 is 9.78 Å². The summed E-state index contributed by atoms with van der Waals surface area (Å²) in [7, 11) is 0. The third kappa shape index (κ3) is 2.19. The van der Waals surface area contributed by atoms with Crippen LogP contribution in [0.25, 0.3) is 10.9 Å². The summed E-state index contributed by atoms with van der Waals surface area (Å²) in [4.78, 5) is 14.5. The first kappa shape index (κ1) is 11.8. The van der Waals surface area contributed by atoms with E-state index in [0.717, 1.165) is 10.9 Å². The smallest absolute Gasteiger partial charge is 0.0656 e. The van der Waals surface area contributed by atoms with Crippen LogP contribution in [0.2, 0.25) is 5.15 Å². The predicted octanol–water partition coefficient (Wildman–Crippen LogP) is 2.34. The zero-order valence-corrected chi connectivity index (χ0v) is 10.8. The van der Waals surface area contributed by atoms with Crippen molar-refractivity contribution >= 4 is 28.8 Å². The normalized spacial score (nSPS) is 9.50. The Balaban J connectivity index is 0.000000980. The molecule has 0 spiro atoms. The summed E-state index contributed by atoms with van der Waals surface area (Å²) in [5, 5.41) is 1.10. The second-order valence-corrected chi connectivity index (χ2v) is 2.98. The average Bonchev–Trinajstić information content (AvgIpc) is 2.17. The molecule has 0 N–H and O–H groups in total. The third-order valence-corrected chi connectivity index (χ3v) is 2.08. The van der Waals surface area contributed by atoms with Gasteiger partial charge in [0.2, 0.25) is 0 Å². The van der Waals surface area contributed by atoms with Crippen LogP contribution in [0, 0.1) is 0 Å². The van der Waals surface area contributed by atoms with Gasteiger partial charge in [0.05, 0.1) is 6.29 Å². The molecule has 0 atom stereocenters. The molecule has 1 radical (unpaired) electrons. The molecule has 0 aliphatic rings. The minimum absolute atomic E-state index is 0. The molecule has 2 rings (SSSR count). The summed E-state index contributed by atoms with van der Waals surface area (Å²) in [6, 6.07) is 9.15.